The summed E-state index contributed by atoms with van der Waals surface area (Å²) in [6.07, 6.45) is 11.7. The van der Waals surface area contributed by atoms with Crippen LogP contribution in [-0.4, -0.2) is 35.3 Å². The summed E-state index contributed by atoms with van der Waals surface area (Å²) >= 11 is 0. The minimum absolute atomic E-state index is 0.212. The average Bonchev–Trinajstić information content (AvgIpc) is 3.03. The Morgan fingerprint density at radius 3 is 2.78 bits per heavy atom. The maximum absolute atomic E-state index is 12.3. The van der Waals surface area contributed by atoms with Crippen LogP contribution >= 0.6 is 0 Å². The van der Waals surface area contributed by atoms with Crippen molar-refractivity contribution in [2.24, 2.45) is 11.7 Å². The van der Waals surface area contributed by atoms with E-state index in [1.54, 1.807) is 12.5 Å². The SMILES string of the molecule is NC(=O)C12C=CCC1(NC(=O)[CH]CC1CCCCC1)C(=O)CO2. The van der Waals surface area contributed by atoms with E-state index in [4.69, 9.17) is 10.5 Å². The molecule has 1 heterocycles. The summed E-state index contributed by atoms with van der Waals surface area (Å²) in [7, 11) is 0. The highest BCUT2D eigenvalue weighted by atomic mass is 16.5. The first-order chi connectivity index (χ1) is 11.0. The predicted molar refractivity (Wildman–Crippen MR) is 83.0 cm³/mol. The number of hydrogen-bond donors (Lipinski definition) is 2. The smallest absolute Gasteiger partial charge is 0.256 e. The summed E-state index contributed by atoms with van der Waals surface area (Å²) < 4.78 is 5.40. The summed E-state index contributed by atoms with van der Waals surface area (Å²) in [5.74, 6) is -0.848. The quantitative estimate of drug-likeness (QED) is 0.732. The summed E-state index contributed by atoms with van der Waals surface area (Å²) in [5, 5.41) is 2.73. The van der Waals surface area contributed by atoms with E-state index in [9.17, 15) is 14.4 Å². The van der Waals surface area contributed by atoms with E-state index in [1.165, 1.54) is 25.3 Å². The van der Waals surface area contributed by atoms with Gasteiger partial charge in [-0.2, -0.15) is 0 Å². The fourth-order valence-electron chi connectivity index (χ4n) is 4.03. The molecule has 1 saturated carbocycles. The number of amides is 2. The fourth-order valence-corrected chi connectivity index (χ4v) is 4.03. The molecule has 1 saturated heterocycles. The van der Waals surface area contributed by atoms with Crippen molar-refractivity contribution in [1.82, 2.24) is 5.32 Å². The standard InChI is InChI=1S/C17H23N2O4/c18-15(22)17-10-4-9-16(17,13(20)11-23-17)19-14(21)8-7-12-5-2-1-3-6-12/h4,8,10,12H,1-3,5-7,9,11H2,(H2,18,22)(H,19,21). The van der Waals surface area contributed by atoms with Crippen LogP contribution in [0.2, 0.25) is 0 Å². The second kappa shape index (κ2) is 6.07. The van der Waals surface area contributed by atoms with Crippen LogP contribution in [0, 0.1) is 12.3 Å². The van der Waals surface area contributed by atoms with Crippen molar-refractivity contribution in [1.29, 1.82) is 0 Å². The molecular formula is C17H23N2O4. The minimum atomic E-state index is -1.54. The van der Waals surface area contributed by atoms with Gasteiger partial charge >= 0.3 is 0 Å². The first-order valence-corrected chi connectivity index (χ1v) is 8.30. The number of fused-ring (bicyclic) bond motifs is 1. The van der Waals surface area contributed by atoms with Gasteiger partial charge in [0.05, 0.1) is 0 Å². The summed E-state index contributed by atoms with van der Waals surface area (Å²) in [6.45, 7) is -0.212. The van der Waals surface area contributed by atoms with Crippen LogP contribution in [0.15, 0.2) is 12.2 Å². The van der Waals surface area contributed by atoms with Crippen molar-refractivity contribution in [3.8, 4) is 0 Å². The summed E-state index contributed by atoms with van der Waals surface area (Å²) in [4.78, 5) is 36.5. The second-order valence-corrected chi connectivity index (χ2v) is 6.76. The molecule has 3 rings (SSSR count). The zero-order valence-corrected chi connectivity index (χ0v) is 13.2. The number of nitrogens with one attached hydrogen (secondary N) is 1. The number of nitrogens with two attached hydrogens (primary N) is 1. The molecule has 23 heavy (non-hydrogen) atoms. The van der Waals surface area contributed by atoms with E-state index >= 15 is 0 Å². The Hall–Kier alpha value is -1.69. The van der Waals surface area contributed by atoms with Crippen LogP contribution in [-0.2, 0) is 19.1 Å². The maximum atomic E-state index is 12.3. The van der Waals surface area contributed by atoms with Crippen LogP contribution in [0.3, 0.4) is 0 Å². The second-order valence-electron chi connectivity index (χ2n) is 6.76. The number of ether oxygens (including phenoxy) is 1. The van der Waals surface area contributed by atoms with Crippen molar-refractivity contribution < 1.29 is 19.1 Å². The Morgan fingerprint density at radius 1 is 1.35 bits per heavy atom. The Labute approximate surface area is 135 Å². The molecule has 2 fully saturated rings. The average molecular weight is 319 g/mol. The summed E-state index contributed by atoms with van der Waals surface area (Å²) in [5.41, 5.74) is 2.54. The number of carbonyl (C=O) groups is 3. The number of Topliss-reactive ketones (excluding diaryl/α,β-unsaturated/α-hetero) is 1. The van der Waals surface area contributed by atoms with Crippen molar-refractivity contribution in [3.05, 3.63) is 18.6 Å². The van der Waals surface area contributed by atoms with Gasteiger partial charge in [-0.25, -0.2) is 0 Å². The lowest BCUT2D eigenvalue weighted by molar-refractivity contribution is -0.140. The lowest BCUT2D eigenvalue weighted by atomic mass is 9.79. The summed E-state index contributed by atoms with van der Waals surface area (Å²) in [6, 6.07) is 0. The third-order valence-corrected chi connectivity index (χ3v) is 5.38. The van der Waals surface area contributed by atoms with Crippen molar-refractivity contribution in [3.63, 3.8) is 0 Å². The predicted octanol–water partition coefficient (Wildman–Crippen LogP) is 0.799. The Kier molecular flexibility index (Phi) is 4.27. The molecule has 6 nitrogen and oxygen atoms in total. The molecule has 2 atom stereocenters. The topological polar surface area (TPSA) is 98.5 Å². The molecule has 1 radical (unpaired) electrons. The molecule has 0 bridgehead atoms. The zero-order chi connectivity index (χ0) is 16.5. The monoisotopic (exact) mass is 319 g/mol. The van der Waals surface area contributed by atoms with E-state index < -0.39 is 17.0 Å². The Balaban J connectivity index is 1.66. The van der Waals surface area contributed by atoms with Gasteiger partial charge in [0.2, 0.25) is 5.91 Å². The Bertz CT molecular complexity index is 553. The van der Waals surface area contributed by atoms with Gasteiger partial charge in [0.25, 0.3) is 5.91 Å². The van der Waals surface area contributed by atoms with Crippen LogP contribution in [0.25, 0.3) is 0 Å². The molecule has 0 aromatic heterocycles. The molecule has 0 aromatic carbocycles. The first kappa shape index (κ1) is 16.2. The molecule has 2 unspecified atom stereocenters. The van der Waals surface area contributed by atoms with Gasteiger partial charge in [-0.1, -0.05) is 38.2 Å². The molecule has 3 N–H and O–H groups in total. The van der Waals surface area contributed by atoms with Crippen LogP contribution in [0.5, 0.6) is 0 Å². The van der Waals surface area contributed by atoms with E-state index in [0.29, 0.717) is 12.3 Å². The number of ketones is 1. The van der Waals surface area contributed by atoms with Crippen molar-refractivity contribution >= 4 is 17.6 Å². The van der Waals surface area contributed by atoms with E-state index in [2.05, 4.69) is 5.32 Å². The van der Waals surface area contributed by atoms with E-state index in [0.717, 1.165) is 12.8 Å². The van der Waals surface area contributed by atoms with Crippen LogP contribution in [0.4, 0.5) is 0 Å². The number of rotatable bonds is 5. The van der Waals surface area contributed by atoms with E-state index in [-0.39, 0.29) is 24.7 Å². The molecule has 125 valence electrons. The van der Waals surface area contributed by atoms with E-state index in [1.807, 2.05) is 0 Å². The van der Waals surface area contributed by atoms with Gasteiger partial charge in [0.1, 0.15) is 12.1 Å². The minimum Gasteiger partial charge on any atom is -0.367 e. The fraction of sp³-hybridized carbons (Fsp3) is 0.647. The number of carbonyl (C=O) groups excluding carboxylic acids is 3. The molecular weight excluding hydrogens is 296 g/mol. The molecule has 6 heteroatoms. The molecule has 2 aliphatic carbocycles. The van der Waals surface area contributed by atoms with Gasteiger partial charge in [0, 0.05) is 6.42 Å². The van der Waals surface area contributed by atoms with Gasteiger partial charge in [-0.05, 0) is 24.8 Å². The number of primary amides is 1. The molecule has 2 amide bonds. The highest BCUT2D eigenvalue weighted by Gasteiger charge is 2.66. The highest BCUT2D eigenvalue weighted by Crippen LogP contribution is 2.42. The lowest BCUT2D eigenvalue weighted by Crippen LogP contribution is -2.67. The first-order valence-electron chi connectivity index (χ1n) is 8.30. The van der Waals surface area contributed by atoms with Crippen molar-refractivity contribution in [2.45, 2.75) is 56.1 Å². The van der Waals surface area contributed by atoms with Crippen molar-refractivity contribution in [2.75, 3.05) is 6.61 Å². The molecule has 0 aromatic rings. The van der Waals surface area contributed by atoms with Crippen LogP contribution < -0.4 is 11.1 Å². The van der Waals surface area contributed by atoms with Gasteiger partial charge in [-0.3, -0.25) is 14.4 Å². The largest absolute Gasteiger partial charge is 0.367 e. The lowest BCUT2D eigenvalue weighted by Gasteiger charge is -2.35. The molecule has 1 aliphatic heterocycles. The zero-order valence-electron chi connectivity index (χ0n) is 13.2. The van der Waals surface area contributed by atoms with Crippen LogP contribution in [0.1, 0.15) is 44.9 Å². The normalized spacial score (nSPS) is 33.7. The Morgan fingerprint density at radius 2 is 2.09 bits per heavy atom. The van der Waals surface area contributed by atoms with Gasteiger partial charge in [0.15, 0.2) is 11.4 Å². The molecule has 0 spiro atoms. The third kappa shape index (κ3) is 2.59. The maximum Gasteiger partial charge on any atom is 0.256 e. The highest BCUT2D eigenvalue weighted by molar-refractivity contribution is 6.07. The molecule has 3 aliphatic rings. The third-order valence-electron chi connectivity index (χ3n) is 5.38. The van der Waals surface area contributed by atoms with Gasteiger partial charge < -0.3 is 15.8 Å². The van der Waals surface area contributed by atoms with Gasteiger partial charge in [-0.15, -0.1) is 0 Å². The number of hydrogen-bond acceptors (Lipinski definition) is 4.